The molecule has 0 spiro atoms. The Kier molecular flexibility index (Phi) is 5.71. The lowest BCUT2D eigenvalue weighted by atomic mass is 10.1. The van der Waals surface area contributed by atoms with Crippen LogP contribution in [0.15, 0.2) is 29.5 Å². The molecule has 1 heterocycles. The minimum atomic E-state index is -0.708. The minimum Gasteiger partial charge on any atom is -0.466 e. The molecule has 2 rings (SSSR count). The number of ether oxygens (including phenoxy) is 1. The number of halogens is 1. The average Bonchev–Trinajstić information content (AvgIpc) is 2.91. The van der Waals surface area contributed by atoms with Crippen LogP contribution in [-0.4, -0.2) is 61.6 Å². The van der Waals surface area contributed by atoms with Gasteiger partial charge in [-0.2, -0.15) is 0 Å². The van der Waals surface area contributed by atoms with Crippen LogP contribution in [-0.2, 0) is 14.3 Å². The van der Waals surface area contributed by atoms with E-state index >= 15 is 0 Å². The molecule has 0 aliphatic carbocycles. The number of esters is 1. The van der Waals surface area contributed by atoms with Crippen LogP contribution in [0.25, 0.3) is 0 Å². The Morgan fingerprint density at radius 3 is 2.72 bits per heavy atom. The number of benzene rings is 1. The Morgan fingerprint density at radius 1 is 1.40 bits per heavy atom. The molecule has 0 saturated carbocycles. The number of hydrogen-bond donors (Lipinski definition) is 3. The molecule has 0 radical (unpaired) electrons. The van der Waals surface area contributed by atoms with Crippen molar-refractivity contribution in [3.63, 3.8) is 0 Å². The van der Waals surface area contributed by atoms with E-state index < -0.39 is 23.6 Å². The zero-order valence-electron chi connectivity index (χ0n) is 13.8. The van der Waals surface area contributed by atoms with Gasteiger partial charge in [-0.1, -0.05) is 0 Å². The van der Waals surface area contributed by atoms with Crippen molar-refractivity contribution in [2.45, 2.75) is 0 Å². The maximum absolute atomic E-state index is 13.5. The number of aliphatic hydroxyl groups is 1. The summed E-state index contributed by atoms with van der Waals surface area (Å²) in [5, 5.41) is 14.1. The maximum Gasteiger partial charge on any atom is 0.337 e. The Balaban J connectivity index is 2.43. The van der Waals surface area contributed by atoms with Crippen LogP contribution in [0.2, 0.25) is 0 Å². The van der Waals surface area contributed by atoms with E-state index in [1.54, 1.807) is 0 Å². The highest BCUT2D eigenvalue weighted by molar-refractivity contribution is 6.09. The van der Waals surface area contributed by atoms with Crippen LogP contribution < -0.4 is 10.6 Å². The normalized spacial score (nSPS) is 13.9. The quantitative estimate of drug-likeness (QED) is 0.616. The van der Waals surface area contributed by atoms with Crippen LogP contribution in [0.5, 0.6) is 0 Å². The molecule has 0 bridgehead atoms. The Morgan fingerprint density at radius 2 is 2.12 bits per heavy atom. The molecule has 1 aliphatic rings. The molecule has 25 heavy (non-hydrogen) atoms. The van der Waals surface area contributed by atoms with Crippen molar-refractivity contribution in [1.29, 1.82) is 0 Å². The Bertz CT molecular complexity index is 747. The largest absolute Gasteiger partial charge is 0.466 e. The third-order valence-corrected chi connectivity index (χ3v) is 3.67. The van der Waals surface area contributed by atoms with Gasteiger partial charge in [-0.3, -0.25) is 9.59 Å². The predicted molar refractivity (Wildman–Crippen MR) is 86.1 cm³/mol. The van der Waals surface area contributed by atoms with Gasteiger partial charge >= 0.3 is 5.97 Å². The highest BCUT2D eigenvalue weighted by Crippen LogP contribution is 2.25. The second kappa shape index (κ2) is 7.75. The SMILES string of the molecule is CNC(=O)c1cc(F)ccc1NC1=C(C(=O)OC)CN(CCO)C1=O. The second-order valence-electron chi connectivity index (χ2n) is 5.19. The van der Waals surface area contributed by atoms with E-state index in [0.29, 0.717) is 0 Å². The molecule has 0 saturated heterocycles. The number of carbonyl (C=O) groups excluding carboxylic acids is 3. The van der Waals surface area contributed by atoms with Crippen molar-refractivity contribution < 1.29 is 28.6 Å². The van der Waals surface area contributed by atoms with Crippen LogP contribution in [0.4, 0.5) is 10.1 Å². The molecule has 0 aromatic heterocycles. The Labute approximate surface area is 143 Å². The van der Waals surface area contributed by atoms with Gasteiger partial charge in [0.1, 0.15) is 11.5 Å². The summed E-state index contributed by atoms with van der Waals surface area (Å²) >= 11 is 0. The fourth-order valence-electron chi connectivity index (χ4n) is 2.43. The van der Waals surface area contributed by atoms with Crippen molar-refractivity contribution in [1.82, 2.24) is 10.2 Å². The third-order valence-electron chi connectivity index (χ3n) is 3.67. The number of carbonyl (C=O) groups is 3. The van der Waals surface area contributed by atoms with Crippen LogP contribution in [0, 0.1) is 5.82 Å². The predicted octanol–water partition coefficient (Wildman–Crippen LogP) is -0.141. The van der Waals surface area contributed by atoms with Crippen molar-refractivity contribution in [3.05, 3.63) is 40.8 Å². The van der Waals surface area contributed by atoms with Gasteiger partial charge in [0.15, 0.2) is 0 Å². The van der Waals surface area contributed by atoms with Crippen molar-refractivity contribution >= 4 is 23.5 Å². The number of nitrogens with zero attached hydrogens (tertiary/aromatic N) is 1. The molecule has 1 aromatic carbocycles. The molecular formula is C16H18FN3O5. The first kappa shape index (κ1) is 18.4. The summed E-state index contributed by atoms with van der Waals surface area (Å²) in [7, 11) is 2.57. The standard InChI is InChI=1S/C16H18FN3O5/c1-18-14(22)10-7-9(17)3-4-12(10)19-13-11(16(24)25-2)8-20(5-6-21)15(13)23/h3-4,7,19,21H,5-6,8H2,1-2H3,(H,18,22). The van der Waals surface area contributed by atoms with Gasteiger partial charge < -0.3 is 25.4 Å². The summed E-state index contributed by atoms with van der Waals surface area (Å²) in [6.07, 6.45) is 0. The first-order valence-corrected chi connectivity index (χ1v) is 7.43. The van der Waals surface area contributed by atoms with Gasteiger partial charge in [0, 0.05) is 13.6 Å². The number of nitrogens with one attached hydrogen (secondary N) is 2. The summed E-state index contributed by atoms with van der Waals surface area (Å²) in [5.41, 5.74) is 0.133. The van der Waals surface area contributed by atoms with Gasteiger partial charge in [-0.15, -0.1) is 0 Å². The molecule has 0 fully saturated rings. The molecule has 134 valence electrons. The average molecular weight is 351 g/mol. The lowest BCUT2D eigenvalue weighted by Gasteiger charge is -2.16. The van der Waals surface area contributed by atoms with E-state index in [9.17, 15) is 18.8 Å². The van der Waals surface area contributed by atoms with Crippen molar-refractivity contribution in [2.24, 2.45) is 0 Å². The smallest absolute Gasteiger partial charge is 0.337 e. The maximum atomic E-state index is 13.5. The fraction of sp³-hybridized carbons (Fsp3) is 0.312. The van der Waals surface area contributed by atoms with E-state index in [2.05, 4.69) is 15.4 Å². The topological polar surface area (TPSA) is 108 Å². The number of aliphatic hydroxyl groups excluding tert-OH is 1. The molecule has 1 aliphatic heterocycles. The highest BCUT2D eigenvalue weighted by atomic mass is 19.1. The molecular weight excluding hydrogens is 333 g/mol. The minimum absolute atomic E-state index is 0.0207. The van der Waals surface area contributed by atoms with E-state index in [0.717, 1.165) is 12.1 Å². The molecule has 8 nitrogen and oxygen atoms in total. The first-order valence-electron chi connectivity index (χ1n) is 7.43. The summed E-state index contributed by atoms with van der Waals surface area (Å²) in [4.78, 5) is 37.6. The summed E-state index contributed by atoms with van der Waals surface area (Å²) in [5.74, 6) is -2.41. The number of methoxy groups -OCH3 is 1. The van der Waals surface area contributed by atoms with Gasteiger partial charge in [-0.05, 0) is 18.2 Å². The van der Waals surface area contributed by atoms with Crippen molar-refractivity contribution in [2.75, 3.05) is 39.2 Å². The van der Waals surface area contributed by atoms with E-state index in [1.807, 2.05) is 0 Å². The molecule has 1 aromatic rings. The van der Waals surface area contributed by atoms with Gasteiger partial charge in [0.25, 0.3) is 11.8 Å². The van der Waals surface area contributed by atoms with E-state index in [-0.39, 0.29) is 42.2 Å². The summed E-state index contributed by atoms with van der Waals surface area (Å²) in [6.45, 7) is -0.269. The zero-order chi connectivity index (χ0) is 18.6. The molecule has 2 amide bonds. The van der Waals surface area contributed by atoms with Crippen molar-refractivity contribution in [3.8, 4) is 0 Å². The number of β-amino-alcohol motifs (C(OH)–C–C–N with tert-alkyl or cyclic N) is 1. The highest BCUT2D eigenvalue weighted by Gasteiger charge is 2.34. The lowest BCUT2D eigenvalue weighted by molar-refractivity contribution is -0.136. The monoisotopic (exact) mass is 351 g/mol. The van der Waals surface area contributed by atoms with E-state index in [1.165, 1.54) is 25.1 Å². The number of anilines is 1. The zero-order valence-corrected chi connectivity index (χ0v) is 13.8. The molecule has 0 atom stereocenters. The lowest BCUT2D eigenvalue weighted by Crippen LogP contribution is -2.31. The molecule has 3 N–H and O–H groups in total. The van der Waals surface area contributed by atoms with Crippen LogP contribution in [0.1, 0.15) is 10.4 Å². The number of hydrogen-bond acceptors (Lipinski definition) is 6. The van der Waals surface area contributed by atoms with Gasteiger partial charge in [0.05, 0.1) is 37.1 Å². The second-order valence-corrected chi connectivity index (χ2v) is 5.19. The van der Waals surface area contributed by atoms with Gasteiger partial charge in [-0.25, -0.2) is 9.18 Å². The number of rotatable bonds is 6. The van der Waals surface area contributed by atoms with Crippen LogP contribution >= 0.6 is 0 Å². The third kappa shape index (κ3) is 3.77. The summed E-state index contributed by atoms with van der Waals surface area (Å²) in [6, 6.07) is 3.44. The van der Waals surface area contributed by atoms with Crippen LogP contribution in [0.3, 0.4) is 0 Å². The fourth-order valence-corrected chi connectivity index (χ4v) is 2.43. The summed E-state index contributed by atoms with van der Waals surface area (Å²) < 4.78 is 18.1. The number of amides is 2. The van der Waals surface area contributed by atoms with Gasteiger partial charge in [0.2, 0.25) is 0 Å². The Hall–Kier alpha value is -2.94. The van der Waals surface area contributed by atoms with E-state index in [4.69, 9.17) is 5.11 Å². The first-order chi connectivity index (χ1) is 11.9. The molecule has 0 unspecified atom stereocenters. The molecule has 9 heteroatoms.